The molecule has 2 rings (SSSR count). The highest BCUT2D eigenvalue weighted by Crippen LogP contribution is 2.33. The SMILES string of the molecule is CC1SCC(C(=O)O)N1C(=O)CC1(N)CCCCC1. The van der Waals surface area contributed by atoms with Crippen molar-refractivity contribution in [3.63, 3.8) is 0 Å². The summed E-state index contributed by atoms with van der Waals surface area (Å²) in [5.74, 6) is -0.547. The topological polar surface area (TPSA) is 83.6 Å². The van der Waals surface area contributed by atoms with E-state index in [9.17, 15) is 14.7 Å². The van der Waals surface area contributed by atoms with Crippen molar-refractivity contribution in [1.82, 2.24) is 4.90 Å². The fraction of sp³-hybridized carbons (Fsp3) is 0.846. The van der Waals surface area contributed by atoms with Gasteiger partial charge in [-0.25, -0.2) is 4.79 Å². The largest absolute Gasteiger partial charge is 0.480 e. The zero-order valence-electron chi connectivity index (χ0n) is 11.3. The van der Waals surface area contributed by atoms with Gasteiger partial charge in [0, 0.05) is 17.7 Å². The zero-order chi connectivity index (χ0) is 14.0. The van der Waals surface area contributed by atoms with Crippen molar-refractivity contribution in [2.45, 2.75) is 62.4 Å². The molecule has 0 aromatic heterocycles. The smallest absolute Gasteiger partial charge is 0.327 e. The van der Waals surface area contributed by atoms with E-state index >= 15 is 0 Å². The van der Waals surface area contributed by atoms with Crippen molar-refractivity contribution in [3.8, 4) is 0 Å². The lowest BCUT2D eigenvalue weighted by Crippen LogP contribution is -2.51. The molecule has 0 radical (unpaired) electrons. The second-order valence-electron chi connectivity index (χ2n) is 5.69. The van der Waals surface area contributed by atoms with Crippen LogP contribution in [0.3, 0.4) is 0 Å². The second kappa shape index (κ2) is 5.71. The summed E-state index contributed by atoms with van der Waals surface area (Å²) >= 11 is 1.51. The standard InChI is InChI=1S/C13H22N2O3S/c1-9-15(10(8-19-9)12(17)18)11(16)7-13(14)5-3-2-4-6-13/h9-10H,2-8,14H2,1H3,(H,17,18). The van der Waals surface area contributed by atoms with Gasteiger partial charge in [-0.2, -0.15) is 0 Å². The molecule has 0 bridgehead atoms. The number of carbonyl (C=O) groups is 2. The summed E-state index contributed by atoms with van der Waals surface area (Å²) in [6.07, 6.45) is 5.33. The average molecular weight is 286 g/mol. The van der Waals surface area contributed by atoms with Gasteiger partial charge < -0.3 is 15.7 Å². The van der Waals surface area contributed by atoms with E-state index in [1.165, 1.54) is 23.1 Å². The summed E-state index contributed by atoms with van der Waals surface area (Å²) in [7, 11) is 0. The van der Waals surface area contributed by atoms with Gasteiger partial charge in [-0.15, -0.1) is 11.8 Å². The van der Waals surface area contributed by atoms with Crippen LogP contribution in [0, 0.1) is 0 Å². The van der Waals surface area contributed by atoms with E-state index in [2.05, 4.69) is 0 Å². The highest BCUT2D eigenvalue weighted by atomic mass is 32.2. The first kappa shape index (κ1) is 14.7. The molecule has 1 saturated carbocycles. The molecule has 108 valence electrons. The number of hydrogen-bond acceptors (Lipinski definition) is 4. The fourth-order valence-electron chi connectivity index (χ4n) is 3.04. The van der Waals surface area contributed by atoms with Gasteiger partial charge in [-0.05, 0) is 19.8 Å². The molecule has 3 N–H and O–H groups in total. The summed E-state index contributed by atoms with van der Waals surface area (Å²) < 4.78 is 0. The molecule has 2 fully saturated rings. The van der Waals surface area contributed by atoms with Crippen molar-refractivity contribution < 1.29 is 14.7 Å². The second-order valence-corrected chi connectivity index (χ2v) is 7.04. The molecule has 0 aromatic carbocycles. The van der Waals surface area contributed by atoms with E-state index in [4.69, 9.17) is 5.73 Å². The van der Waals surface area contributed by atoms with Gasteiger partial charge >= 0.3 is 5.97 Å². The maximum Gasteiger partial charge on any atom is 0.327 e. The molecule has 1 aliphatic carbocycles. The van der Waals surface area contributed by atoms with Gasteiger partial charge in [0.15, 0.2) is 0 Å². The number of rotatable bonds is 3. The minimum atomic E-state index is -0.917. The van der Waals surface area contributed by atoms with Crippen molar-refractivity contribution in [3.05, 3.63) is 0 Å². The molecule has 19 heavy (non-hydrogen) atoms. The van der Waals surface area contributed by atoms with Crippen LogP contribution in [-0.4, -0.2) is 44.6 Å². The minimum absolute atomic E-state index is 0.0687. The maximum atomic E-state index is 12.4. The molecule has 0 aromatic rings. The molecule has 1 aliphatic heterocycles. The minimum Gasteiger partial charge on any atom is -0.480 e. The number of nitrogens with two attached hydrogens (primary N) is 1. The van der Waals surface area contributed by atoms with Crippen molar-refractivity contribution in [1.29, 1.82) is 0 Å². The van der Waals surface area contributed by atoms with Crippen LogP contribution in [0.15, 0.2) is 0 Å². The summed E-state index contributed by atoms with van der Waals surface area (Å²) in [6.45, 7) is 1.88. The quantitative estimate of drug-likeness (QED) is 0.819. The number of carboxylic acids is 1. The Balaban J connectivity index is 2.03. The Morgan fingerprint density at radius 2 is 2.00 bits per heavy atom. The summed E-state index contributed by atoms with van der Waals surface area (Å²) in [5.41, 5.74) is 5.87. The monoisotopic (exact) mass is 286 g/mol. The Morgan fingerprint density at radius 3 is 2.58 bits per heavy atom. The van der Waals surface area contributed by atoms with Crippen LogP contribution in [0.2, 0.25) is 0 Å². The van der Waals surface area contributed by atoms with Crippen LogP contribution in [0.4, 0.5) is 0 Å². The first-order chi connectivity index (χ1) is 8.93. The van der Waals surface area contributed by atoms with Crippen LogP contribution in [-0.2, 0) is 9.59 Å². The number of carbonyl (C=O) groups excluding carboxylic acids is 1. The fourth-order valence-corrected chi connectivity index (χ4v) is 4.23. The number of nitrogens with zero attached hydrogens (tertiary/aromatic N) is 1. The van der Waals surface area contributed by atoms with E-state index in [1.54, 1.807) is 0 Å². The highest BCUT2D eigenvalue weighted by molar-refractivity contribution is 8.00. The predicted octanol–water partition coefficient (Wildman–Crippen LogP) is 1.41. The summed E-state index contributed by atoms with van der Waals surface area (Å²) in [5, 5.41) is 9.11. The lowest BCUT2D eigenvalue weighted by molar-refractivity contribution is -0.149. The molecule has 2 atom stereocenters. The third-order valence-electron chi connectivity index (χ3n) is 4.15. The predicted molar refractivity (Wildman–Crippen MR) is 74.8 cm³/mol. The third kappa shape index (κ3) is 3.23. The lowest BCUT2D eigenvalue weighted by atomic mass is 9.80. The molecule has 1 amide bonds. The van der Waals surface area contributed by atoms with Crippen molar-refractivity contribution in [2.75, 3.05) is 5.75 Å². The van der Waals surface area contributed by atoms with E-state index in [0.29, 0.717) is 5.75 Å². The summed E-state index contributed by atoms with van der Waals surface area (Å²) in [6, 6.07) is -0.695. The van der Waals surface area contributed by atoms with E-state index in [-0.39, 0.29) is 17.7 Å². The van der Waals surface area contributed by atoms with Crippen LogP contribution in [0.1, 0.15) is 45.4 Å². The van der Waals surface area contributed by atoms with Crippen molar-refractivity contribution in [2.24, 2.45) is 5.73 Å². The number of thioether (sulfide) groups is 1. The molecule has 1 heterocycles. The number of aliphatic carboxylic acids is 1. The van der Waals surface area contributed by atoms with Gasteiger partial charge in [0.1, 0.15) is 6.04 Å². The molecule has 5 nitrogen and oxygen atoms in total. The first-order valence-electron chi connectivity index (χ1n) is 6.87. The Morgan fingerprint density at radius 1 is 1.37 bits per heavy atom. The van der Waals surface area contributed by atoms with E-state index < -0.39 is 17.6 Å². The first-order valence-corrected chi connectivity index (χ1v) is 7.92. The van der Waals surface area contributed by atoms with Crippen LogP contribution < -0.4 is 5.73 Å². The van der Waals surface area contributed by atoms with Gasteiger partial charge in [0.25, 0.3) is 0 Å². The molecule has 0 spiro atoms. The van der Waals surface area contributed by atoms with Crippen molar-refractivity contribution >= 4 is 23.6 Å². The zero-order valence-corrected chi connectivity index (χ0v) is 12.1. The van der Waals surface area contributed by atoms with Crippen LogP contribution >= 0.6 is 11.8 Å². The maximum absolute atomic E-state index is 12.4. The Kier molecular flexibility index (Phi) is 4.40. The highest BCUT2D eigenvalue weighted by Gasteiger charge is 2.41. The van der Waals surface area contributed by atoms with Gasteiger partial charge in [-0.1, -0.05) is 19.3 Å². The Labute approximate surface area is 117 Å². The third-order valence-corrected chi connectivity index (χ3v) is 5.37. The normalized spacial score (nSPS) is 30.3. The average Bonchev–Trinajstić information content (AvgIpc) is 2.71. The van der Waals surface area contributed by atoms with Gasteiger partial charge in [0.2, 0.25) is 5.91 Å². The summed E-state index contributed by atoms with van der Waals surface area (Å²) in [4.78, 5) is 25.1. The van der Waals surface area contributed by atoms with E-state index in [1.807, 2.05) is 6.92 Å². The molecule has 6 heteroatoms. The van der Waals surface area contributed by atoms with Gasteiger partial charge in [0.05, 0.1) is 5.37 Å². The Bertz CT molecular complexity index is 369. The van der Waals surface area contributed by atoms with Gasteiger partial charge in [-0.3, -0.25) is 4.79 Å². The Hall–Kier alpha value is -0.750. The van der Waals surface area contributed by atoms with Crippen LogP contribution in [0.25, 0.3) is 0 Å². The number of hydrogen-bond donors (Lipinski definition) is 2. The van der Waals surface area contributed by atoms with Crippen LogP contribution in [0.5, 0.6) is 0 Å². The number of carboxylic acid groups (broad SMARTS) is 1. The molecular formula is C13H22N2O3S. The molecule has 1 saturated heterocycles. The van der Waals surface area contributed by atoms with E-state index in [0.717, 1.165) is 25.7 Å². The molecular weight excluding hydrogens is 264 g/mol. The molecule has 2 unspecified atom stereocenters. The number of amides is 1. The lowest BCUT2D eigenvalue weighted by Gasteiger charge is -2.35. The molecule has 2 aliphatic rings.